The van der Waals surface area contributed by atoms with Gasteiger partial charge in [-0.05, 0) is 61.0 Å². The van der Waals surface area contributed by atoms with Gasteiger partial charge in [0.15, 0.2) is 0 Å². The molecule has 0 amide bonds. The van der Waals surface area contributed by atoms with Gasteiger partial charge in [-0.3, -0.25) is 4.72 Å². The summed E-state index contributed by atoms with van der Waals surface area (Å²) < 4.78 is 47.9. The molecule has 2 aromatic carbocycles. The molecule has 9 heteroatoms. The van der Waals surface area contributed by atoms with E-state index in [1.165, 1.54) is 24.3 Å². The molecule has 0 aliphatic heterocycles. The van der Waals surface area contributed by atoms with Crippen LogP contribution in [-0.2, 0) is 15.8 Å². The largest absolute Gasteiger partial charge is 0.439 e. The molecule has 4 aromatic rings. The predicted octanol–water partition coefficient (Wildman–Crippen LogP) is 4.45. The van der Waals surface area contributed by atoms with Crippen LogP contribution in [-0.4, -0.2) is 23.0 Å². The molecule has 158 valence electrons. The van der Waals surface area contributed by atoms with Crippen molar-refractivity contribution in [2.24, 2.45) is 0 Å². The molecule has 0 saturated heterocycles. The average molecular weight is 438 g/mol. The summed E-state index contributed by atoms with van der Waals surface area (Å²) in [7, 11) is -3.65. The number of anilines is 1. The van der Waals surface area contributed by atoms with Crippen LogP contribution < -0.4 is 9.46 Å². The van der Waals surface area contributed by atoms with E-state index in [4.69, 9.17) is 4.74 Å². The van der Waals surface area contributed by atoms with Gasteiger partial charge in [-0.2, -0.15) is 4.98 Å². The number of aromatic nitrogens is 3. The Labute approximate surface area is 179 Å². The third-order valence-corrected chi connectivity index (χ3v) is 5.55. The Hall–Kier alpha value is -3.72. The van der Waals surface area contributed by atoms with E-state index in [1.807, 2.05) is 29.1 Å². The van der Waals surface area contributed by atoms with E-state index >= 15 is 0 Å². The fraction of sp³-hybridized carbons (Fsp3) is 0.0909. The van der Waals surface area contributed by atoms with Crippen molar-refractivity contribution in [3.63, 3.8) is 0 Å². The summed E-state index contributed by atoms with van der Waals surface area (Å²) in [6.45, 7) is 1.78. The molecule has 0 aliphatic rings. The average Bonchev–Trinajstić information content (AvgIpc) is 3.25. The van der Waals surface area contributed by atoms with Gasteiger partial charge in [-0.15, -0.1) is 0 Å². The van der Waals surface area contributed by atoms with Crippen molar-refractivity contribution in [2.75, 3.05) is 4.72 Å². The van der Waals surface area contributed by atoms with Gasteiger partial charge in [0.25, 0.3) is 0 Å². The number of halogens is 1. The van der Waals surface area contributed by atoms with Crippen molar-refractivity contribution >= 4 is 15.7 Å². The lowest BCUT2D eigenvalue weighted by Crippen LogP contribution is -2.15. The Morgan fingerprint density at radius 3 is 2.35 bits per heavy atom. The molecule has 0 unspecified atom stereocenters. The number of benzene rings is 2. The third-order valence-electron chi connectivity index (χ3n) is 4.29. The summed E-state index contributed by atoms with van der Waals surface area (Å²) in [5, 5.41) is 0. The van der Waals surface area contributed by atoms with Gasteiger partial charge < -0.3 is 9.30 Å². The number of nitrogens with one attached hydrogen (secondary N) is 1. The van der Waals surface area contributed by atoms with E-state index in [2.05, 4.69) is 14.7 Å². The number of nitrogens with zero attached hydrogens (tertiary/aromatic N) is 3. The topological polar surface area (TPSA) is 86.1 Å². The van der Waals surface area contributed by atoms with Gasteiger partial charge >= 0.3 is 0 Å². The van der Waals surface area contributed by atoms with Crippen LogP contribution >= 0.6 is 0 Å². The molecule has 0 saturated carbocycles. The highest BCUT2D eigenvalue weighted by Crippen LogP contribution is 2.24. The Morgan fingerprint density at radius 1 is 1.00 bits per heavy atom. The molecule has 0 bridgehead atoms. The molecule has 4 rings (SSSR count). The zero-order chi connectivity index (χ0) is 21.8. The highest BCUT2D eigenvalue weighted by Gasteiger charge is 2.12. The van der Waals surface area contributed by atoms with Crippen molar-refractivity contribution in [3.05, 3.63) is 96.3 Å². The van der Waals surface area contributed by atoms with Gasteiger partial charge in [0, 0.05) is 24.1 Å². The van der Waals surface area contributed by atoms with Crippen molar-refractivity contribution in [1.29, 1.82) is 0 Å². The van der Waals surface area contributed by atoms with E-state index in [9.17, 15) is 12.8 Å². The highest BCUT2D eigenvalue weighted by atomic mass is 32.2. The van der Waals surface area contributed by atoms with Crippen molar-refractivity contribution in [2.45, 2.75) is 12.7 Å². The summed E-state index contributed by atoms with van der Waals surface area (Å²) in [5.41, 5.74) is 0.882. The van der Waals surface area contributed by atoms with Crippen LogP contribution in [0, 0.1) is 12.7 Å². The van der Waals surface area contributed by atoms with Crippen LogP contribution in [0.5, 0.6) is 11.6 Å². The van der Waals surface area contributed by atoms with Crippen molar-refractivity contribution in [3.8, 4) is 17.4 Å². The number of hydrogen-bond donors (Lipinski definition) is 1. The predicted molar refractivity (Wildman–Crippen MR) is 115 cm³/mol. The quantitative estimate of drug-likeness (QED) is 0.461. The number of hydrogen-bond acceptors (Lipinski definition) is 5. The van der Waals surface area contributed by atoms with Gasteiger partial charge in [0.1, 0.15) is 23.2 Å². The number of sulfonamides is 1. The molecular formula is C22H19FN4O3S. The zero-order valence-electron chi connectivity index (χ0n) is 16.6. The van der Waals surface area contributed by atoms with E-state index in [1.54, 1.807) is 37.3 Å². The second-order valence-corrected chi connectivity index (χ2v) is 8.54. The lowest BCUT2D eigenvalue weighted by atomic mass is 10.2. The maximum Gasteiger partial charge on any atom is 0.236 e. The Bertz CT molecular complexity index is 1270. The first kappa shape index (κ1) is 20.5. The van der Waals surface area contributed by atoms with E-state index in [-0.39, 0.29) is 5.75 Å². The minimum Gasteiger partial charge on any atom is -0.439 e. The summed E-state index contributed by atoms with van der Waals surface area (Å²) in [4.78, 5) is 8.67. The highest BCUT2D eigenvalue weighted by molar-refractivity contribution is 7.91. The summed E-state index contributed by atoms with van der Waals surface area (Å²) >= 11 is 0. The second-order valence-electron chi connectivity index (χ2n) is 6.82. The normalized spacial score (nSPS) is 11.3. The number of ether oxygens (including phenoxy) is 1. The molecule has 31 heavy (non-hydrogen) atoms. The van der Waals surface area contributed by atoms with Crippen molar-refractivity contribution < 1.29 is 17.5 Å². The van der Waals surface area contributed by atoms with Gasteiger partial charge in [0.05, 0.1) is 5.75 Å². The smallest absolute Gasteiger partial charge is 0.236 e. The van der Waals surface area contributed by atoms with Gasteiger partial charge in [-0.25, -0.2) is 17.8 Å². The fourth-order valence-electron chi connectivity index (χ4n) is 2.92. The first-order valence-electron chi connectivity index (χ1n) is 9.38. The van der Waals surface area contributed by atoms with E-state index in [0.29, 0.717) is 34.5 Å². The van der Waals surface area contributed by atoms with Crippen LogP contribution in [0.1, 0.15) is 11.4 Å². The minimum absolute atomic E-state index is 0.256. The molecule has 0 aliphatic carbocycles. The zero-order valence-corrected chi connectivity index (χ0v) is 17.4. The Morgan fingerprint density at radius 2 is 1.68 bits per heavy atom. The SMILES string of the molecule is Cc1nc(Oc2ccc(NS(=O)(=O)Cc3ccc(F)cc3)cc2)cc(-n2cccc2)n1. The fourth-order valence-corrected chi connectivity index (χ4v) is 4.12. The van der Waals surface area contributed by atoms with E-state index < -0.39 is 15.8 Å². The molecule has 1 N–H and O–H groups in total. The number of aryl methyl sites for hydroxylation is 1. The van der Waals surface area contributed by atoms with E-state index in [0.717, 1.165) is 0 Å². The number of rotatable bonds is 7. The molecule has 0 radical (unpaired) electrons. The van der Waals surface area contributed by atoms with Gasteiger partial charge in [-0.1, -0.05) is 12.1 Å². The van der Waals surface area contributed by atoms with Crippen molar-refractivity contribution in [1.82, 2.24) is 14.5 Å². The first-order valence-corrected chi connectivity index (χ1v) is 11.0. The first-order chi connectivity index (χ1) is 14.9. The van der Waals surface area contributed by atoms with Crippen LogP contribution in [0.2, 0.25) is 0 Å². The molecule has 2 heterocycles. The molecular weight excluding hydrogens is 419 g/mol. The van der Waals surface area contributed by atoms with Crippen LogP contribution in [0.15, 0.2) is 79.1 Å². The lowest BCUT2D eigenvalue weighted by Gasteiger charge is -2.10. The van der Waals surface area contributed by atoms with Crippen LogP contribution in [0.25, 0.3) is 5.82 Å². The maximum absolute atomic E-state index is 13.0. The Balaban J connectivity index is 1.44. The summed E-state index contributed by atoms with van der Waals surface area (Å²) in [5.74, 6) is 1.44. The van der Waals surface area contributed by atoms with Crippen LogP contribution in [0.4, 0.5) is 10.1 Å². The molecule has 7 nitrogen and oxygen atoms in total. The lowest BCUT2D eigenvalue weighted by molar-refractivity contribution is 0.459. The minimum atomic E-state index is -3.65. The molecule has 0 fully saturated rings. The molecule has 2 aromatic heterocycles. The summed E-state index contributed by atoms with van der Waals surface area (Å²) in [6, 6.07) is 17.3. The summed E-state index contributed by atoms with van der Waals surface area (Å²) in [6.07, 6.45) is 3.75. The standard InChI is InChI=1S/C22H19FN4O3S/c1-16-24-21(27-12-2-3-13-27)14-22(25-16)30-20-10-8-19(9-11-20)26-31(28,29)15-17-4-6-18(23)7-5-17/h2-14,26H,15H2,1H3. The maximum atomic E-state index is 13.0. The monoisotopic (exact) mass is 438 g/mol. The Kier molecular flexibility index (Phi) is 5.68. The molecule has 0 spiro atoms. The van der Waals surface area contributed by atoms with Crippen LogP contribution in [0.3, 0.4) is 0 Å². The molecule has 0 atom stereocenters. The second kappa shape index (κ2) is 8.57. The van der Waals surface area contributed by atoms with Gasteiger partial charge in [0.2, 0.25) is 15.9 Å². The third kappa shape index (κ3) is 5.46.